The van der Waals surface area contributed by atoms with Gasteiger partial charge in [0.25, 0.3) is 0 Å². The van der Waals surface area contributed by atoms with Crippen LogP contribution in [0.2, 0.25) is 0 Å². The summed E-state index contributed by atoms with van der Waals surface area (Å²) in [4.78, 5) is 4.41. The monoisotopic (exact) mass is 309 g/mol. The molecule has 0 aliphatic carbocycles. The van der Waals surface area contributed by atoms with Gasteiger partial charge in [-0.15, -0.1) is 11.6 Å². The molecule has 1 nitrogen and oxygen atoms in total. The Balaban J connectivity index is 2.02. The molecule has 0 spiro atoms. The van der Waals surface area contributed by atoms with Crippen molar-refractivity contribution < 1.29 is 0 Å². The molecule has 1 aromatic rings. The average molecular weight is 310 g/mol. The van der Waals surface area contributed by atoms with Crippen LogP contribution in [0.15, 0.2) is 24.4 Å². The number of hydrogen-bond donors (Lipinski definition) is 0. The average Bonchev–Trinajstić information content (AvgIpc) is 2.53. The Hall–Kier alpha value is -0.560. The number of pyridine rings is 1. The summed E-state index contributed by atoms with van der Waals surface area (Å²) in [6.07, 6.45) is 15.3. The van der Waals surface area contributed by atoms with Gasteiger partial charge in [-0.05, 0) is 18.6 Å². The van der Waals surface area contributed by atoms with Crippen molar-refractivity contribution in [2.75, 3.05) is 0 Å². The lowest BCUT2D eigenvalue weighted by molar-refractivity contribution is 0.535. The Kier molecular flexibility index (Phi) is 10.6. The van der Waals surface area contributed by atoms with Gasteiger partial charge in [-0.25, -0.2) is 0 Å². The number of halogens is 1. The van der Waals surface area contributed by atoms with E-state index in [2.05, 4.69) is 24.9 Å². The predicted octanol–water partition coefficient (Wildman–Crippen LogP) is 6.71. The van der Waals surface area contributed by atoms with Gasteiger partial charge in [-0.3, -0.25) is 4.98 Å². The van der Waals surface area contributed by atoms with Crippen LogP contribution in [0.5, 0.6) is 0 Å². The van der Waals surface area contributed by atoms with E-state index in [1.807, 2.05) is 18.3 Å². The van der Waals surface area contributed by atoms with Crippen molar-refractivity contribution in [1.82, 2.24) is 4.98 Å². The van der Waals surface area contributed by atoms with Crippen LogP contribution in [0.3, 0.4) is 0 Å². The fourth-order valence-corrected chi connectivity index (χ4v) is 3.01. The van der Waals surface area contributed by atoms with Gasteiger partial charge in [-0.1, -0.05) is 77.7 Å². The van der Waals surface area contributed by atoms with Gasteiger partial charge >= 0.3 is 0 Å². The minimum Gasteiger partial charge on any atom is -0.261 e. The van der Waals surface area contributed by atoms with Crippen LogP contribution in [0.25, 0.3) is 0 Å². The third-order valence-corrected chi connectivity index (χ3v) is 4.88. The Morgan fingerprint density at radius 2 is 1.57 bits per heavy atom. The van der Waals surface area contributed by atoms with Gasteiger partial charge in [-0.2, -0.15) is 0 Å². The molecule has 2 unspecified atom stereocenters. The topological polar surface area (TPSA) is 12.9 Å². The fourth-order valence-electron chi connectivity index (χ4n) is 2.73. The molecule has 1 rings (SSSR count). The molecule has 0 aliphatic rings. The van der Waals surface area contributed by atoms with Crippen LogP contribution in [0.4, 0.5) is 0 Å². The number of unbranched alkanes of at least 4 members (excludes halogenated alkanes) is 8. The Labute approximate surface area is 136 Å². The Bertz CT molecular complexity index is 339. The van der Waals surface area contributed by atoms with E-state index in [0.29, 0.717) is 5.92 Å². The zero-order valence-corrected chi connectivity index (χ0v) is 14.6. The van der Waals surface area contributed by atoms with Gasteiger partial charge < -0.3 is 0 Å². The lowest BCUT2D eigenvalue weighted by Crippen LogP contribution is -2.11. The molecule has 0 saturated heterocycles. The van der Waals surface area contributed by atoms with Gasteiger partial charge in [0.05, 0.1) is 0 Å². The summed E-state index contributed by atoms with van der Waals surface area (Å²) in [5, 5.41) is 0.212. The van der Waals surface area contributed by atoms with Crippen LogP contribution < -0.4 is 0 Å². The normalized spacial score (nSPS) is 14.0. The zero-order valence-electron chi connectivity index (χ0n) is 13.9. The van der Waals surface area contributed by atoms with Gasteiger partial charge in [0.15, 0.2) is 0 Å². The van der Waals surface area contributed by atoms with Gasteiger partial charge in [0.2, 0.25) is 0 Å². The summed E-state index contributed by atoms with van der Waals surface area (Å²) in [5.74, 6) is 0.349. The lowest BCUT2D eigenvalue weighted by Gasteiger charge is -2.17. The van der Waals surface area contributed by atoms with E-state index >= 15 is 0 Å². The highest BCUT2D eigenvalue weighted by molar-refractivity contribution is 6.21. The van der Waals surface area contributed by atoms with Crippen molar-refractivity contribution >= 4 is 11.6 Å². The Morgan fingerprint density at radius 3 is 2.14 bits per heavy atom. The molecule has 1 aromatic heterocycles. The zero-order chi connectivity index (χ0) is 15.3. The number of nitrogens with zero attached hydrogens (tertiary/aromatic N) is 1. The standard InChI is InChI=1S/C19H32ClN/c1-3-4-5-6-7-8-9-10-11-14-18(20)17(2)19-15-12-13-16-21-19/h12-13,15-18H,3-11,14H2,1-2H3. The van der Waals surface area contributed by atoms with Crippen LogP contribution in [-0.2, 0) is 0 Å². The number of rotatable bonds is 12. The molecular weight excluding hydrogens is 278 g/mol. The third-order valence-electron chi connectivity index (χ3n) is 4.28. The summed E-state index contributed by atoms with van der Waals surface area (Å²) < 4.78 is 0. The first-order valence-electron chi connectivity index (χ1n) is 8.80. The van der Waals surface area contributed by atoms with E-state index in [9.17, 15) is 0 Å². The molecule has 0 fully saturated rings. The molecule has 0 saturated carbocycles. The highest BCUT2D eigenvalue weighted by Crippen LogP contribution is 2.25. The first-order chi connectivity index (χ1) is 10.3. The molecule has 21 heavy (non-hydrogen) atoms. The summed E-state index contributed by atoms with van der Waals surface area (Å²) >= 11 is 6.52. The molecule has 0 amide bonds. The maximum atomic E-state index is 6.52. The number of alkyl halides is 1. The lowest BCUT2D eigenvalue weighted by atomic mass is 9.97. The van der Waals surface area contributed by atoms with E-state index in [1.165, 1.54) is 57.8 Å². The maximum Gasteiger partial charge on any atom is 0.0446 e. The number of hydrogen-bond acceptors (Lipinski definition) is 1. The molecule has 2 atom stereocenters. The molecule has 0 N–H and O–H groups in total. The molecular formula is C19H32ClN. The summed E-state index contributed by atoms with van der Waals surface area (Å²) in [5.41, 5.74) is 1.12. The molecule has 1 heterocycles. The molecule has 2 heteroatoms. The van der Waals surface area contributed by atoms with Gasteiger partial charge in [0, 0.05) is 23.2 Å². The van der Waals surface area contributed by atoms with E-state index in [1.54, 1.807) is 0 Å². The highest BCUT2D eigenvalue weighted by Gasteiger charge is 2.16. The van der Waals surface area contributed by atoms with E-state index < -0.39 is 0 Å². The van der Waals surface area contributed by atoms with Crippen molar-refractivity contribution in [3.63, 3.8) is 0 Å². The number of aromatic nitrogens is 1. The summed E-state index contributed by atoms with van der Waals surface area (Å²) in [7, 11) is 0. The smallest absolute Gasteiger partial charge is 0.0446 e. The molecule has 0 bridgehead atoms. The van der Waals surface area contributed by atoms with Crippen molar-refractivity contribution in [2.45, 2.75) is 89.4 Å². The van der Waals surface area contributed by atoms with E-state index in [4.69, 9.17) is 11.6 Å². The second-order valence-electron chi connectivity index (χ2n) is 6.18. The van der Waals surface area contributed by atoms with Crippen molar-refractivity contribution in [3.05, 3.63) is 30.1 Å². The summed E-state index contributed by atoms with van der Waals surface area (Å²) in [6, 6.07) is 6.08. The minimum absolute atomic E-state index is 0.212. The van der Waals surface area contributed by atoms with Crippen molar-refractivity contribution in [3.8, 4) is 0 Å². The predicted molar refractivity (Wildman–Crippen MR) is 94.1 cm³/mol. The first-order valence-corrected chi connectivity index (χ1v) is 9.24. The third kappa shape index (κ3) is 8.46. The second-order valence-corrected chi connectivity index (χ2v) is 6.74. The van der Waals surface area contributed by atoms with Crippen molar-refractivity contribution in [1.29, 1.82) is 0 Å². The molecule has 0 aliphatic heterocycles. The first kappa shape index (κ1) is 18.5. The van der Waals surface area contributed by atoms with E-state index in [0.717, 1.165) is 12.1 Å². The van der Waals surface area contributed by atoms with Crippen LogP contribution in [0, 0.1) is 0 Å². The molecule has 0 aromatic carbocycles. The Morgan fingerprint density at radius 1 is 0.952 bits per heavy atom. The quantitative estimate of drug-likeness (QED) is 0.309. The minimum atomic E-state index is 0.212. The highest BCUT2D eigenvalue weighted by atomic mass is 35.5. The molecule has 0 radical (unpaired) electrons. The molecule has 120 valence electrons. The van der Waals surface area contributed by atoms with Crippen LogP contribution >= 0.6 is 11.6 Å². The van der Waals surface area contributed by atoms with Crippen LogP contribution in [0.1, 0.15) is 89.7 Å². The van der Waals surface area contributed by atoms with Crippen LogP contribution in [-0.4, -0.2) is 10.4 Å². The maximum absolute atomic E-state index is 6.52. The van der Waals surface area contributed by atoms with Gasteiger partial charge in [0.1, 0.15) is 0 Å². The summed E-state index contributed by atoms with van der Waals surface area (Å²) in [6.45, 7) is 4.46. The van der Waals surface area contributed by atoms with Crippen molar-refractivity contribution in [2.24, 2.45) is 0 Å². The SMILES string of the molecule is CCCCCCCCCCCC(Cl)C(C)c1ccccn1. The second kappa shape index (κ2) is 12.0. The fraction of sp³-hybridized carbons (Fsp3) is 0.737. The van der Waals surface area contributed by atoms with E-state index in [-0.39, 0.29) is 5.38 Å². The largest absolute Gasteiger partial charge is 0.261 e.